The van der Waals surface area contributed by atoms with Gasteiger partial charge in [-0.15, -0.1) is 0 Å². The molecule has 0 aromatic heterocycles. The van der Waals surface area contributed by atoms with Crippen molar-refractivity contribution in [3.05, 3.63) is 0 Å². The summed E-state index contributed by atoms with van der Waals surface area (Å²) < 4.78 is 13.5. The molecule has 0 saturated carbocycles. The number of nitrogens with two attached hydrogens (primary N) is 1. The highest BCUT2D eigenvalue weighted by Crippen LogP contribution is 1.93. The zero-order valence-electron chi connectivity index (χ0n) is 8.48. The van der Waals surface area contributed by atoms with E-state index in [4.69, 9.17) is 5.73 Å². The lowest BCUT2D eigenvalue weighted by molar-refractivity contribution is -0.154. The number of carbonyl (C=O) groups excluding carboxylic acids is 2. The Bertz CT molecular complexity index is 202. The molecule has 0 amide bonds. The molecule has 1 unspecified atom stereocenters. The summed E-state index contributed by atoms with van der Waals surface area (Å²) in [6, 6.07) is -0.736. The molecule has 0 rings (SSSR count). The van der Waals surface area contributed by atoms with Gasteiger partial charge in [0.15, 0.2) is 0 Å². The summed E-state index contributed by atoms with van der Waals surface area (Å²) in [6.07, 6.45) is -1.15. The first-order chi connectivity index (χ1) is 6.43. The van der Waals surface area contributed by atoms with Crippen LogP contribution in [0, 0.1) is 0 Å². The largest absolute Gasteiger partial charge is 0.511 e. The molecule has 82 valence electrons. The SMILES string of the molecule is CC(C)OC(=O)OCOC(=O)C(C)N. The lowest BCUT2D eigenvalue weighted by atomic mass is 10.4. The molecule has 2 N–H and O–H groups in total. The summed E-state index contributed by atoms with van der Waals surface area (Å²) in [5.41, 5.74) is 5.19. The van der Waals surface area contributed by atoms with Crippen LogP contribution in [0.1, 0.15) is 20.8 Å². The molecular weight excluding hydrogens is 190 g/mol. The average molecular weight is 205 g/mol. The highest BCUT2D eigenvalue weighted by Gasteiger charge is 2.11. The van der Waals surface area contributed by atoms with Crippen molar-refractivity contribution < 1.29 is 23.8 Å². The van der Waals surface area contributed by atoms with Crippen LogP contribution in [0.15, 0.2) is 0 Å². The Hall–Kier alpha value is -1.30. The third-order valence-electron chi connectivity index (χ3n) is 1.08. The molecule has 0 aliphatic carbocycles. The van der Waals surface area contributed by atoms with Crippen molar-refractivity contribution in [3.63, 3.8) is 0 Å². The van der Waals surface area contributed by atoms with Gasteiger partial charge in [-0.25, -0.2) is 4.79 Å². The number of esters is 1. The Kier molecular flexibility index (Phi) is 5.62. The molecule has 0 aromatic rings. The van der Waals surface area contributed by atoms with Crippen molar-refractivity contribution in [2.75, 3.05) is 6.79 Å². The topological polar surface area (TPSA) is 87.9 Å². The predicted molar refractivity (Wildman–Crippen MR) is 47.3 cm³/mol. The number of carbonyl (C=O) groups is 2. The summed E-state index contributed by atoms with van der Waals surface area (Å²) in [5.74, 6) is -0.637. The third kappa shape index (κ3) is 6.24. The Morgan fingerprint density at radius 1 is 1.21 bits per heavy atom. The van der Waals surface area contributed by atoms with Gasteiger partial charge in [0.05, 0.1) is 6.10 Å². The van der Waals surface area contributed by atoms with E-state index in [9.17, 15) is 9.59 Å². The van der Waals surface area contributed by atoms with Gasteiger partial charge in [-0.2, -0.15) is 0 Å². The molecular formula is C8H15NO5. The molecule has 0 aromatic carbocycles. The highest BCUT2D eigenvalue weighted by molar-refractivity contribution is 5.74. The molecule has 0 aliphatic heterocycles. The Labute approximate surface area is 82.3 Å². The van der Waals surface area contributed by atoms with Gasteiger partial charge in [0, 0.05) is 0 Å². The minimum absolute atomic E-state index is 0.272. The van der Waals surface area contributed by atoms with Gasteiger partial charge < -0.3 is 19.9 Å². The van der Waals surface area contributed by atoms with E-state index in [1.807, 2.05) is 0 Å². The summed E-state index contributed by atoms with van der Waals surface area (Å²) in [4.78, 5) is 21.5. The van der Waals surface area contributed by atoms with Crippen LogP contribution in [-0.4, -0.2) is 31.1 Å². The monoisotopic (exact) mass is 205 g/mol. The quantitative estimate of drug-likeness (QED) is 0.527. The predicted octanol–water partition coefficient (Wildman–Crippen LogP) is 0.396. The Balaban J connectivity index is 3.54. The minimum atomic E-state index is -0.877. The van der Waals surface area contributed by atoms with Crippen molar-refractivity contribution in [1.82, 2.24) is 0 Å². The van der Waals surface area contributed by atoms with E-state index >= 15 is 0 Å². The van der Waals surface area contributed by atoms with Crippen molar-refractivity contribution >= 4 is 12.1 Å². The van der Waals surface area contributed by atoms with Crippen molar-refractivity contribution in [2.45, 2.75) is 32.9 Å². The van der Waals surface area contributed by atoms with Gasteiger partial charge in [0.1, 0.15) is 6.04 Å². The Morgan fingerprint density at radius 2 is 1.79 bits per heavy atom. The molecule has 0 fully saturated rings. The standard InChI is InChI=1S/C8H15NO5/c1-5(2)14-8(11)13-4-12-7(10)6(3)9/h5-6H,4,9H2,1-3H3. The zero-order chi connectivity index (χ0) is 11.1. The van der Waals surface area contributed by atoms with E-state index in [0.717, 1.165) is 0 Å². The van der Waals surface area contributed by atoms with E-state index in [1.165, 1.54) is 6.92 Å². The Morgan fingerprint density at radius 3 is 2.21 bits per heavy atom. The van der Waals surface area contributed by atoms with Gasteiger partial charge in [0.2, 0.25) is 6.79 Å². The zero-order valence-corrected chi connectivity index (χ0v) is 8.48. The maximum atomic E-state index is 10.8. The molecule has 0 aliphatic rings. The van der Waals surface area contributed by atoms with Crippen LogP contribution >= 0.6 is 0 Å². The second-order valence-electron chi connectivity index (χ2n) is 2.93. The lowest BCUT2D eigenvalue weighted by Crippen LogP contribution is -2.30. The van der Waals surface area contributed by atoms with Crippen LogP contribution < -0.4 is 5.73 Å². The normalized spacial score (nSPS) is 12.1. The summed E-state index contributed by atoms with van der Waals surface area (Å²) in [6.45, 7) is 4.34. The fourth-order valence-electron chi connectivity index (χ4n) is 0.494. The summed E-state index contributed by atoms with van der Waals surface area (Å²) >= 11 is 0. The molecule has 6 nitrogen and oxygen atoms in total. The van der Waals surface area contributed by atoms with E-state index in [-0.39, 0.29) is 6.10 Å². The molecule has 6 heteroatoms. The van der Waals surface area contributed by atoms with E-state index in [2.05, 4.69) is 14.2 Å². The first-order valence-corrected chi connectivity index (χ1v) is 4.19. The minimum Gasteiger partial charge on any atom is -0.431 e. The molecule has 1 atom stereocenters. The third-order valence-corrected chi connectivity index (χ3v) is 1.08. The van der Waals surface area contributed by atoms with Crippen molar-refractivity contribution in [3.8, 4) is 0 Å². The van der Waals surface area contributed by atoms with Gasteiger partial charge in [-0.05, 0) is 20.8 Å². The molecule has 0 spiro atoms. The van der Waals surface area contributed by atoms with Gasteiger partial charge >= 0.3 is 12.1 Å². The molecule has 0 radical (unpaired) electrons. The first kappa shape index (κ1) is 12.7. The molecule has 0 heterocycles. The van der Waals surface area contributed by atoms with Gasteiger partial charge in [-0.3, -0.25) is 4.79 Å². The number of ether oxygens (including phenoxy) is 3. The molecule has 0 bridgehead atoms. The van der Waals surface area contributed by atoms with E-state index in [0.29, 0.717) is 0 Å². The fraction of sp³-hybridized carbons (Fsp3) is 0.750. The van der Waals surface area contributed by atoms with Crippen molar-refractivity contribution in [2.24, 2.45) is 5.73 Å². The smallest absolute Gasteiger partial charge is 0.431 e. The molecule has 14 heavy (non-hydrogen) atoms. The second kappa shape index (κ2) is 6.20. The van der Waals surface area contributed by atoms with Crippen molar-refractivity contribution in [1.29, 1.82) is 0 Å². The fourth-order valence-corrected chi connectivity index (χ4v) is 0.494. The summed E-state index contributed by atoms with van der Waals surface area (Å²) in [5, 5.41) is 0. The van der Waals surface area contributed by atoms with Crippen LogP contribution in [0.4, 0.5) is 4.79 Å². The maximum Gasteiger partial charge on any atom is 0.511 e. The van der Waals surface area contributed by atoms with Gasteiger partial charge in [-0.1, -0.05) is 0 Å². The average Bonchev–Trinajstić information content (AvgIpc) is 2.02. The van der Waals surface area contributed by atoms with Crippen LogP contribution in [0.5, 0.6) is 0 Å². The number of rotatable bonds is 4. The van der Waals surface area contributed by atoms with Crippen LogP contribution in [-0.2, 0) is 19.0 Å². The highest BCUT2D eigenvalue weighted by atomic mass is 16.8. The number of hydrogen-bond donors (Lipinski definition) is 1. The van der Waals surface area contributed by atoms with Crippen LogP contribution in [0.25, 0.3) is 0 Å². The van der Waals surface area contributed by atoms with Crippen LogP contribution in [0.2, 0.25) is 0 Å². The maximum absolute atomic E-state index is 10.8. The first-order valence-electron chi connectivity index (χ1n) is 4.19. The summed E-state index contributed by atoms with van der Waals surface area (Å²) in [7, 11) is 0. The second-order valence-corrected chi connectivity index (χ2v) is 2.93. The number of hydrogen-bond acceptors (Lipinski definition) is 6. The van der Waals surface area contributed by atoms with Crippen LogP contribution in [0.3, 0.4) is 0 Å². The van der Waals surface area contributed by atoms with E-state index < -0.39 is 25.0 Å². The van der Waals surface area contributed by atoms with Gasteiger partial charge in [0.25, 0.3) is 0 Å². The van der Waals surface area contributed by atoms with E-state index in [1.54, 1.807) is 13.8 Å². The lowest BCUT2D eigenvalue weighted by Gasteiger charge is -2.09. The molecule has 0 saturated heterocycles.